The molecule has 0 aliphatic heterocycles. The van der Waals surface area contributed by atoms with Gasteiger partial charge in [-0.3, -0.25) is 4.79 Å². The Labute approximate surface area is 136 Å². The van der Waals surface area contributed by atoms with Crippen molar-refractivity contribution in [1.29, 1.82) is 0 Å². The van der Waals surface area contributed by atoms with E-state index in [2.05, 4.69) is 5.32 Å². The van der Waals surface area contributed by atoms with Crippen LogP contribution < -0.4 is 10.1 Å². The summed E-state index contributed by atoms with van der Waals surface area (Å²) in [6, 6.07) is 13.7. The smallest absolute Gasteiger partial charge is 0.255 e. The SMILES string of the molecule is CC(C)Oc1ccccc1C(=O)NCCCc1ccc(F)cc1. The zero-order valence-electron chi connectivity index (χ0n) is 13.5. The van der Waals surface area contributed by atoms with Gasteiger partial charge in [0, 0.05) is 6.54 Å². The second-order valence-electron chi connectivity index (χ2n) is 5.65. The first-order valence-electron chi connectivity index (χ1n) is 7.84. The molecule has 1 N–H and O–H groups in total. The van der Waals surface area contributed by atoms with Gasteiger partial charge in [0.2, 0.25) is 0 Å². The second-order valence-corrected chi connectivity index (χ2v) is 5.65. The summed E-state index contributed by atoms with van der Waals surface area (Å²) in [5.74, 6) is 0.225. The van der Waals surface area contributed by atoms with Gasteiger partial charge in [-0.1, -0.05) is 24.3 Å². The molecule has 0 saturated carbocycles. The summed E-state index contributed by atoms with van der Waals surface area (Å²) in [5.41, 5.74) is 1.60. The number of rotatable bonds is 7. The van der Waals surface area contributed by atoms with Crippen LogP contribution in [-0.2, 0) is 6.42 Å². The fourth-order valence-electron chi connectivity index (χ4n) is 2.25. The highest BCUT2D eigenvalue weighted by molar-refractivity contribution is 5.96. The number of ether oxygens (including phenoxy) is 1. The zero-order chi connectivity index (χ0) is 16.7. The van der Waals surface area contributed by atoms with E-state index in [1.165, 1.54) is 12.1 Å². The maximum absolute atomic E-state index is 12.8. The van der Waals surface area contributed by atoms with Crippen LogP contribution in [0.2, 0.25) is 0 Å². The van der Waals surface area contributed by atoms with Crippen LogP contribution in [0, 0.1) is 5.82 Å². The van der Waals surface area contributed by atoms with Crippen LogP contribution in [0.15, 0.2) is 48.5 Å². The first kappa shape index (κ1) is 17.0. The number of hydrogen-bond acceptors (Lipinski definition) is 2. The number of benzene rings is 2. The fraction of sp³-hybridized carbons (Fsp3) is 0.316. The standard InChI is InChI=1S/C19H22FNO2/c1-14(2)23-18-8-4-3-7-17(18)19(22)21-13-5-6-15-9-11-16(20)12-10-15/h3-4,7-12,14H,5-6,13H2,1-2H3,(H,21,22). The third kappa shape index (κ3) is 5.40. The van der Waals surface area contributed by atoms with Crippen LogP contribution in [0.1, 0.15) is 36.2 Å². The van der Waals surface area contributed by atoms with Crippen LogP contribution in [0.25, 0.3) is 0 Å². The molecule has 0 unspecified atom stereocenters. The van der Waals surface area contributed by atoms with E-state index in [0.29, 0.717) is 17.9 Å². The number of para-hydroxylation sites is 1. The minimum Gasteiger partial charge on any atom is -0.490 e. The Morgan fingerprint density at radius 1 is 1.13 bits per heavy atom. The zero-order valence-corrected chi connectivity index (χ0v) is 13.5. The third-order valence-electron chi connectivity index (χ3n) is 3.34. The highest BCUT2D eigenvalue weighted by atomic mass is 19.1. The highest BCUT2D eigenvalue weighted by Crippen LogP contribution is 2.19. The number of carbonyl (C=O) groups is 1. The molecule has 0 heterocycles. The topological polar surface area (TPSA) is 38.3 Å². The van der Waals surface area contributed by atoms with E-state index >= 15 is 0 Å². The molecule has 0 aromatic heterocycles. The summed E-state index contributed by atoms with van der Waals surface area (Å²) in [7, 11) is 0. The van der Waals surface area contributed by atoms with Crippen LogP contribution in [0.3, 0.4) is 0 Å². The lowest BCUT2D eigenvalue weighted by molar-refractivity contribution is 0.0947. The molecule has 0 bridgehead atoms. The molecule has 2 aromatic carbocycles. The Bertz CT molecular complexity index is 638. The minimum atomic E-state index is -0.233. The van der Waals surface area contributed by atoms with Crippen LogP contribution in [0.4, 0.5) is 4.39 Å². The van der Waals surface area contributed by atoms with Crippen molar-refractivity contribution in [3.8, 4) is 5.75 Å². The van der Waals surface area contributed by atoms with Crippen molar-refractivity contribution < 1.29 is 13.9 Å². The van der Waals surface area contributed by atoms with E-state index in [-0.39, 0.29) is 17.8 Å². The van der Waals surface area contributed by atoms with Gasteiger partial charge in [-0.25, -0.2) is 4.39 Å². The van der Waals surface area contributed by atoms with Gasteiger partial charge in [-0.15, -0.1) is 0 Å². The normalized spacial score (nSPS) is 10.6. The van der Waals surface area contributed by atoms with Crippen LogP contribution in [-0.4, -0.2) is 18.6 Å². The van der Waals surface area contributed by atoms with Crippen molar-refractivity contribution in [1.82, 2.24) is 5.32 Å². The Balaban J connectivity index is 1.84. The Hall–Kier alpha value is -2.36. The molecule has 1 amide bonds. The molecule has 122 valence electrons. The number of nitrogens with one attached hydrogen (secondary N) is 1. The molecule has 23 heavy (non-hydrogen) atoms. The van der Waals surface area contributed by atoms with Crippen LogP contribution >= 0.6 is 0 Å². The third-order valence-corrected chi connectivity index (χ3v) is 3.34. The summed E-state index contributed by atoms with van der Waals surface area (Å²) < 4.78 is 18.5. The van der Waals surface area contributed by atoms with Crippen molar-refractivity contribution in [2.75, 3.05) is 6.54 Å². The molecule has 3 nitrogen and oxygen atoms in total. The Morgan fingerprint density at radius 2 is 1.83 bits per heavy atom. The van der Waals surface area contributed by atoms with Crippen molar-refractivity contribution in [3.05, 3.63) is 65.5 Å². The average Bonchev–Trinajstić information content (AvgIpc) is 2.53. The molecule has 0 fully saturated rings. The monoisotopic (exact) mass is 315 g/mol. The predicted octanol–water partition coefficient (Wildman–Crippen LogP) is 3.98. The lowest BCUT2D eigenvalue weighted by Gasteiger charge is -2.14. The maximum atomic E-state index is 12.8. The Morgan fingerprint density at radius 3 is 2.52 bits per heavy atom. The van der Waals surface area contributed by atoms with Gasteiger partial charge in [-0.05, 0) is 56.5 Å². The van der Waals surface area contributed by atoms with Gasteiger partial charge in [0.25, 0.3) is 5.91 Å². The van der Waals surface area contributed by atoms with E-state index in [4.69, 9.17) is 4.74 Å². The van der Waals surface area contributed by atoms with Gasteiger partial charge < -0.3 is 10.1 Å². The number of aryl methyl sites for hydroxylation is 1. The Kier molecular flexibility index (Phi) is 6.15. The number of hydrogen-bond donors (Lipinski definition) is 1. The lowest BCUT2D eigenvalue weighted by atomic mass is 10.1. The first-order valence-corrected chi connectivity index (χ1v) is 7.84. The molecule has 0 aliphatic rings. The summed E-state index contributed by atoms with van der Waals surface area (Å²) >= 11 is 0. The van der Waals surface area contributed by atoms with Gasteiger partial charge in [0.05, 0.1) is 11.7 Å². The quantitative estimate of drug-likeness (QED) is 0.785. The highest BCUT2D eigenvalue weighted by Gasteiger charge is 2.12. The molecule has 0 spiro atoms. The molecule has 0 aliphatic carbocycles. The first-order chi connectivity index (χ1) is 11.1. The van der Waals surface area contributed by atoms with Gasteiger partial charge in [-0.2, -0.15) is 0 Å². The van der Waals surface area contributed by atoms with E-state index in [0.717, 1.165) is 18.4 Å². The number of halogens is 1. The molecular weight excluding hydrogens is 293 g/mol. The van der Waals surface area contributed by atoms with Crippen molar-refractivity contribution in [3.63, 3.8) is 0 Å². The minimum absolute atomic E-state index is 0.0161. The van der Waals surface area contributed by atoms with Crippen LogP contribution in [0.5, 0.6) is 5.75 Å². The summed E-state index contributed by atoms with van der Waals surface area (Å²) in [5, 5.41) is 2.90. The van der Waals surface area contributed by atoms with Gasteiger partial charge in [0.1, 0.15) is 11.6 Å². The summed E-state index contributed by atoms with van der Waals surface area (Å²) in [4.78, 5) is 12.3. The van der Waals surface area contributed by atoms with Crippen molar-refractivity contribution in [2.45, 2.75) is 32.8 Å². The summed E-state index contributed by atoms with van der Waals surface area (Å²) in [6.07, 6.45) is 1.61. The van der Waals surface area contributed by atoms with E-state index in [1.54, 1.807) is 24.3 Å². The number of amides is 1. The van der Waals surface area contributed by atoms with Gasteiger partial charge >= 0.3 is 0 Å². The largest absolute Gasteiger partial charge is 0.490 e. The van der Waals surface area contributed by atoms with E-state index in [9.17, 15) is 9.18 Å². The molecule has 0 atom stereocenters. The van der Waals surface area contributed by atoms with Crippen molar-refractivity contribution in [2.24, 2.45) is 0 Å². The number of carbonyl (C=O) groups excluding carboxylic acids is 1. The lowest BCUT2D eigenvalue weighted by Crippen LogP contribution is -2.25. The maximum Gasteiger partial charge on any atom is 0.255 e. The molecule has 2 aromatic rings. The second kappa shape index (κ2) is 8.32. The average molecular weight is 315 g/mol. The molecular formula is C19H22FNO2. The van der Waals surface area contributed by atoms with E-state index < -0.39 is 0 Å². The molecule has 2 rings (SSSR count). The van der Waals surface area contributed by atoms with Crippen molar-refractivity contribution >= 4 is 5.91 Å². The molecule has 0 radical (unpaired) electrons. The summed E-state index contributed by atoms with van der Waals surface area (Å²) in [6.45, 7) is 4.42. The van der Waals surface area contributed by atoms with Gasteiger partial charge in [0.15, 0.2) is 0 Å². The molecule has 4 heteroatoms. The fourth-order valence-corrected chi connectivity index (χ4v) is 2.25. The van der Waals surface area contributed by atoms with E-state index in [1.807, 2.05) is 26.0 Å². The molecule has 0 saturated heterocycles. The predicted molar refractivity (Wildman–Crippen MR) is 89.3 cm³/mol.